The number of rotatable bonds is 9. The molecule has 2 aromatic carbocycles. The summed E-state index contributed by atoms with van der Waals surface area (Å²) in [7, 11) is 0. The van der Waals surface area contributed by atoms with Gasteiger partial charge in [0.2, 0.25) is 6.79 Å². The Morgan fingerprint density at radius 3 is 2.63 bits per heavy atom. The quantitative estimate of drug-likeness (QED) is 0.539. The molecule has 0 saturated carbocycles. The van der Waals surface area contributed by atoms with Crippen molar-refractivity contribution in [1.82, 2.24) is 14.8 Å². The zero-order chi connectivity index (χ0) is 20.9. The Kier molecular flexibility index (Phi) is 5.97. The first-order chi connectivity index (χ1) is 14.6. The van der Waals surface area contributed by atoms with Crippen LogP contribution in [0.25, 0.3) is 0 Å². The van der Waals surface area contributed by atoms with Crippen LogP contribution in [0.1, 0.15) is 36.1 Å². The molecule has 3 aromatic rings. The third-order valence-electron chi connectivity index (χ3n) is 5.07. The van der Waals surface area contributed by atoms with E-state index < -0.39 is 0 Å². The van der Waals surface area contributed by atoms with E-state index in [9.17, 15) is 4.79 Å². The van der Waals surface area contributed by atoms with E-state index in [2.05, 4.69) is 10.2 Å². The highest BCUT2D eigenvalue weighted by molar-refractivity contribution is 5.81. The number of carbonyl (C=O) groups is 1. The molecular formula is C23H25N3O4. The van der Waals surface area contributed by atoms with E-state index in [1.165, 1.54) is 5.56 Å². The number of hydrogen-bond donors (Lipinski definition) is 0. The Morgan fingerprint density at radius 2 is 1.83 bits per heavy atom. The van der Waals surface area contributed by atoms with Gasteiger partial charge in [0.1, 0.15) is 24.0 Å². The van der Waals surface area contributed by atoms with Crippen molar-refractivity contribution in [3.8, 4) is 17.2 Å². The minimum absolute atomic E-state index is 0.150. The van der Waals surface area contributed by atoms with Crippen LogP contribution in [0, 0.1) is 6.92 Å². The number of hydrogen-bond acceptors (Lipinski definition) is 6. The molecule has 1 aliphatic rings. The van der Waals surface area contributed by atoms with Crippen LogP contribution in [0.2, 0.25) is 0 Å². The summed E-state index contributed by atoms with van der Waals surface area (Å²) in [6.45, 7) is 5.38. The molecule has 0 unspecified atom stereocenters. The van der Waals surface area contributed by atoms with Crippen molar-refractivity contribution in [2.24, 2.45) is 0 Å². The fraction of sp³-hybridized carbons (Fsp3) is 0.348. The normalized spacial score (nSPS) is 12.2. The van der Waals surface area contributed by atoms with Crippen molar-refractivity contribution in [3.63, 3.8) is 0 Å². The first-order valence-electron chi connectivity index (χ1n) is 10.1. The lowest BCUT2D eigenvalue weighted by Crippen LogP contribution is -2.11. The lowest BCUT2D eigenvalue weighted by molar-refractivity contribution is -0.118. The van der Waals surface area contributed by atoms with Gasteiger partial charge in [-0.1, -0.05) is 23.8 Å². The monoisotopic (exact) mass is 407 g/mol. The number of fused-ring (bicyclic) bond motifs is 1. The van der Waals surface area contributed by atoms with Crippen LogP contribution in [0.15, 0.2) is 42.5 Å². The molecule has 30 heavy (non-hydrogen) atoms. The summed E-state index contributed by atoms with van der Waals surface area (Å²) < 4.78 is 18.5. The van der Waals surface area contributed by atoms with Crippen LogP contribution < -0.4 is 14.2 Å². The third-order valence-corrected chi connectivity index (χ3v) is 5.07. The van der Waals surface area contributed by atoms with Gasteiger partial charge in [-0.05, 0) is 43.7 Å². The highest BCUT2D eigenvalue weighted by Gasteiger charge is 2.16. The molecule has 7 heteroatoms. The molecule has 0 aliphatic carbocycles. The number of aryl methyl sites for hydroxylation is 2. The van der Waals surface area contributed by atoms with E-state index in [4.69, 9.17) is 14.2 Å². The lowest BCUT2D eigenvalue weighted by Gasteiger charge is -2.09. The molecule has 0 fully saturated rings. The summed E-state index contributed by atoms with van der Waals surface area (Å²) in [5.74, 6) is 3.94. The minimum atomic E-state index is 0.150. The Balaban J connectivity index is 1.32. The molecule has 4 rings (SSSR count). The van der Waals surface area contributed by atoms with Gasteiger partial charge in [0, 0.05) is 25.8 Å². The molecule has 0 radical (unpaired) electrons. The molecule has 0 N–H and O–H groups in total. The molecule has 0 amide bonds. The Morgan fingerprint density at radius 1 is 1.07 bits per heavy atom. The van der Waals surface area contributed by atoms with Gasteiger partial charge in [0.05, 0.1) is 0 Å². The third kappa shape index (κ3) is 4.62. The molecule has 0 spiro atoms. The molecule has 0 bridgehead atoms. The Labute approximate surface area is 175 Å². The van der Waals surface area contributed by atoms with Crippen molar-refractivity contribution in [2.45, 2.75) is 46.3 Å². The summed E-state index contributed by atoms with van der Waals surface area (Å²) in [5, 5.41) is 8.55. The number of carbonyl (C=O) groups excluding carboxylic acids is 1. The van der Waals surface area contributed by atoms with Crippen molar-refractivity contribution >= 4 is 5.78 Å². The predicted octanol–water partition coefficient (Wildman–Crippen LogP) is 3.66. The summed E-state index contributed by atoms with van der Waals surface area (Å²) in [4.78, 5) is 12.5. The molecule has 7 nitrogen and oxygen atoms in total. The summed E-state index contributed by atoms with van der Waals surface area (Å²) in [6.07, 6.45) is 1.32. The second-order valence-corrected chi connectivity index (χ2v) is 7.28. The molecule has 1 aromatic heterocycles. The largest absolute Gasteiger partial charge is 0.486 e. The highest BCUT2D eigenvalue weighted by Crippen LogP contribution is 2.32. The maximum atomic E-state index is 12.5. The molecule has 0 saturated heterocycles. The van der Waals surface area contributed by atoms with Gasteiger partial charge in [-0.2, -0.15) is 0 Å². The summed E-state index contributed by atoms with van der Waals surface area (Å²) in [5.41, 5.74) is 2.11. The van der Waals surface area contributed by atoms with E-state index >= 15 is 0 Å². The second-order valence-electron chi connectivity index (χ2n) is 7.28. The highest BCUT2D eigenvalue weighted by atomic mass is 16.7. The maximum absolute atomic E-state index is 12.5. The SMILES string of the molecule is CCn1c(CCC(=O)Cc2ccc3c(c2)OCO3)nnc1COc1ccc(C)cc1. The summed E-state index contributed by atoms with van der Waals surface area (Å²) in [6, 6.07) is 13.5. The standard InChI is InChI=1S/C23H25N3O4/c1-3-26-22(24-25-23(26)14-28-19-8-4-16(2)5-9-19)11-7-18(27)12-17-6-10-20-21(13-17)30-15-29-20/h4-6,8-10,13H,3,7,11-12,14-15H2,1-2H3. The van der Waals surface area contributed by atoms with Crippen LogP contribution in [0.3, 0.4) is 0 Å². The van der Waals surface area contributed by atoms with Crippen molar-refractivity contribution < 1.29 is 19.0 Å². The zero-order valence-corrected chi connectivity index (χ0v) is 17.3. The maximum Gasteiger partial charge on any atom is 0.231 e. The predicted molar refractivity (Wildman–Crippen MR) is 111 cm³/mol. The van der Waals surface area contributed by atoms with E-state index in [0.717, 1.165) is 35.3 Å². The second kappa shape index (κ2) is 8.98. The zero-order valence-electron chi connectivity index (χ0n) is 17.3. The van der Waals surface area contributed by atoms with E-state index in [0.29, 0.717) is 31.6 Å². The smallest absolute Gasteiger partial charge is 0.231 e. The van der Waals surface area contributed by atoms with Crippen LogP contribution >= 0.6 is 0 Å². The van der Waals surface area contributed by atoms with E-state index in [1.54, 1.807) is 0 Å². The van der Waals surface area contributed by atoms with Gasteiger partial charge >= 0.3 is 0 Å². The van der Waals surface area contributed by atoms with Crippen molar-refractivity contribution in [3.05, 3.63) is 65.2 Å². The van der Waals surface area contributed by atoms with Gasteiger partial charge < -0.3 is 18.8 Å². The van der Waals surface area contributed by atoms with Crippen LogP contribution in [0.5, 0.6) is 17.2 Å². The number of ether oxygens (including phenoxy) is 3. The number of Topliss-reactive ketones (excluding diaryl/α,β-unsaturated/α-hetero) is 1. The minimum Gasteiger partial charge on any atom is -0.486 e. The van der Waals surface area contributed by atoms with Crippen LogP contribution in [-0.4, -0.2) is 27.3 Å². The lowest BCUT2D eigenvalue weighted by atomic mass is 10.0. The fourth-order valence-corrected chi connectivity index (χ4v) is 3.43. The first kappa shape index (κ1) is 19.9. The van der Waals surface area contributed by atoms with Crippen molar-refractivity contribution in [1.29, 1.82) is 0 Å². The number of aromatic nitrogens is 3. The summed E-state index contributed by atoms with van der Waals surface area (Å²) >= 11 is 0. The Hall–Kier alpha value is -3.35. The Bertz CT molecular complexity index is 1030. The van der Waals surface area contributed by atoms with Gasteiger partial charge in [0.15, 0.2) is 17.3 Å². The van der Waals surface area contributed by atoms with Gasteiger partial charge in [-0.25, -0.2) is 0 Å². The molecule has 156 valence electrons. The number of ketones is 1. The number of benzene rings is 2. The van der Waals surface area contributed by atoms with Gasteiger partial charge in [0.25, 0.3) is 0 Å². The van der Waals surface area contributed by atoms with Crippen LogP contribution in [0.4, 0.5) is 0 Å². The first-order valence-corrected chi connectivity index (χ1v) is 10.1. The molecule has 0 atom stereocenters. The van der Waals surface area contributed by atoms with Crippen molar-refractivity contribution in [2.75, 3.05) is 6.79 Å². The molecular weight excluding hydrogens is 382 g/mol. The molecule has 1 aliphatic heterocycles. The topological polar surface area (TPSA) is 75.5 Å². The van der Waals surface area contributed by atoms with Crippen LogP contribution in [-0.2, 0) is 30.8 Å². The number of nitrogens with zero attached hydrogens (tertiary/aromatic N) is 3. The van der Waals surface area contributed by atoms with E-state index in [-0.39, 0.29) is 12.6 Å². The molecule has 2 heterocycles. The average Bonchev–Trinajstić information content (AvgIpc) is 3.37. The van der Waals surface area contributed by atoms with Gasteiger partial charge in [-0.3, -0.25) is 4.79 Å². The fourth-order valence-electron chi connectivity index (χ4n) is 3.43. The average molecular weight is 407 g/mol. The van der Waals surface area contributed by atoms with Gasteiger partial charge in [-0.15, -0.1) is 10.2 Å². The van der Waals surface area contributed by atoms with E-state index in [1.807, 2.05) is 60.9 Å².